The highest BCUT2D eigenvalue weighted by Crippen LogP contribution is 2.27. The number of nitrogens with zero attached hydrogens (tertiary/aromatic N) is 1. The van der Waals surface area contributed by atoms with E-state index in [0.717, 1.165) is 5.56 Å². The first-order valence-electron chi connectivity index (χ1n) is 7.45. The molecule has 7 heteroatoms. The second kappa shape index (κ2) is 8.05. The SMILES string of the molecule is CCOc1ccc(C(=O)NCCc2cccc(F)c2)cc1[N+](=O)[O-]. The van der Waals surface area contributed by atoms with Crippen molar-refractivity contribution in [3.05, 3.63) is 69.5 Å². The highest BCUT2D eigenvalue weighted by Gasteiger charge is 2.18. The summed E-state index contributed by atoms with van der Waals surface area (Å²) in [7, 11) is 0. The lowest BCUT2D eigenvalue weighted by Crippen LogP contribution is -2.25. The van der Waals surface area contributed by atoms with E-state index in [4.69, 9.17) is 4.74 Å². The fourth-order valence-electron chi connectivity index (χ4n) is 2.19. The van der Waals surface area contributed by atoms with Gasteiger partial charge in [0.05, 0.1) is 11.5 Å². The van der Waals surface area contributed by atoms with Crippen molar-refractivity contribution in [2.24, 2.45) is 0 Å². The Labute approximate surface area is 138 Å². The maximum absolute atomic E-state index is 13.1. The summed E-state index contributed by atoms with van der Waals surface area (Å²) in [6.07, 6.45) is 0.461. The standard InChI is InChI=1S/C17H17FN2O4/c1-2-24-16-7-6-13(11-15(16)20(22)23)17(21)19-9-8-12-4-3-5-14(18)10-12/h3-7,10-11H,2,8-9H2,1H3,(H,19,21). The van der Waals surface area contributed by atoms with Crippen LogP contribution in [0.3, 0.4) is 0 Å². The van der Waals surface area contributed by atoms with Crippen LogP contribution in [-0.4, -0.2) is 24.0 Å². The minimum atomic E-state index is -0.589. The maximum Gasteiger partial charge on any atom is 0.311 e. The summed E-state index contributed by atoms with van der Waals surface area (Å²) in [6, 6.07) is 10.2. The van der Waals surface area contributed by atoms with Crippen LogP contribution in [0.1, 0.15) is 22.8 Å². The number of ether oxygens (including phenoxy) is 1. The molecule has 0 saturated heterocycles. The molecule has 2 aromatic rings. The largest absolute Gasteiger partial charge is 0.487 e. The number of hydrogen-bond acceptors (Lipinski definition) is 4. The summed E-state index contributed by atoms with van der Waals surface area (Å²) < 4.78 is 18.2. The fraction of sp³-hybridized carbons (Fsp3) is 0.235. The first kappa shape index (κ1) is 17.4. The average Bonchev–Trinajstić information content (AvgIpc) is 2.55. The van der Waals surface area contributed by atoms with E-state index in [1.165, 1.54) is 30.3 Å². The number of nitrogens with one attached hydrogen (secondary N) is 1. The molecule has 2 aromatic carbocycles. The predicted octanol–water partition coefficient (Wildman–Crippen LogP) is 3.11. The van der Waals surface area contributed by atoms with Gasteiger partial charge in [-0.05, 0) is 43.2 Å². The number of amides is 1. The van der Waals surface area contributed by atoms with Crippen LogP contribution in [0.5, 0.6) is 5.75 Å². The molecular weight excluding hydrogens is 315 g/mol. The van der Waals surface area contributed by atoms with Gasteiger partial charge >= 0.3 is 5.69 Å². The average molecular weight is 332 g/mol. The van der Waals surface area contributed by atoms with Gasteiger partial charge in [-0.15, -0.1) is 0 Å². The third-order valence-electron chi connectivity index (χ3n) is 3.31. The van der Waals surface area contributed by atoms with Gasteiger partial charge in [0, 0.05) is 18.2 Å². The molecule has 0 aliphatic rings. The van der Waals surface area contributed by atoms with E-state index in [0.29, 0.717) is 19.6 Å². The van der Waals surface area contributed by atoms with Crippen LogP contribution in [0.25, 0.3) is 0 Å². The Morgan fingerprint density at radius 1 is 1.29 bits per heavy atom. The molecular formula is C17H17FN2O4. The second-order valence-electron chi connectivity index (χ2n) is 5.01. The van der Waals surface area contributed by atoms with E-state index in [9.17, 15) is 19.3 Å². The summed E-state index contributed by atoms with van der Waals surface area (Å²) in [4.78, 5) is 22.6. The smallest absolute Gasteiger partial charge is 0.311 e. The summed E-state index contributed by atoms with van der Waals surface area (Å²) in [6.45, 7) is 2.31. The normalized spacial score (nSPS) is 10.2. The molecule has 0 aliphatic carbocycles. The summed E-state index contributed by atoms with van der Waals surface area (Å²) in [5, 5.41) is 13.7. The molecule has 1 N–H and O–H groups in total. The van der Waals surface area contributed by atoms with E-state index < -0.39 is 10.8 Å². The van der Waals surface area contributed by atoms with E-state index in [1.807, 2.05) is 0 Å². The lowest BCUT2D eigenvalue weighted by molar-refractivity contribution is -0.385. The number of halogens is 1. The minimum absolute atomic E-state index is 0.124. The van der Waals surface area contributed by atoms with Crippen molar-refractivity contribution in [3.63, 3.8) is 0 Å². The van der Waals surface area contributed by atoms with Gasteiger partial charge in [0.25, 0.3) is 5.91 Å². The van der Waals surface area contributed by atoms with Gasteiger partial charge in [-0.3, -0.25) is 14.9 Å². The zero-order valence-electron chi connectivity index (χ0n) is 13.1. The number of nitro groups is 1. The van der Waals surface area contributed by atoms with Gasteiger partial charge in [0.2, 0.25) is 0 Å². The number of nitro benzene ring substituents is 1. The molecule has 0 fully saturated rings. The monoisotopic (exact) mass is 332 g/mol. The molecule has 0 spiro atoms. The van der Waals surface area contributed by atoms with Gasteiger partial charge in [-0.2, -0.15) is 0 Å². The maximum atomic E-state index is 13.1. The number of benzene rings is 2. The number of carbonyl (C=O) groups excluding carboxylic acids is 1. The topological polar surface area (TPSA) is 81.5 Å². The molecule has 0 aliphatic heterocycles. The lowest BCUT2D eigenvalue weighted by atomic mass is 10.1. The van der Waals surface area contributed by atoms with Crippen LogP contribution in [-0.2, 0) is 6.42 Å². The predicted molar refractivity (Wildman–Crippen MR) is 86.7 cm³/mol. The lowest BCUT2D eigenvalue weighted by Gasteiger charge is -2.08. The van der Waals surface area contributed by atoms with E-state index >= 15 is 0 Å². The Bertz CT molecular complexity index is 749. The number of carbonyl (C=O) groups is 1. The van der Waals surface area contributed by atoms with Crippen molar-refractivity contribution in [1.29, 1.82) is 0 Å². The van der Waals surface area contributed by atoms with Gasteiger partial charge in [0.15, 0.2) is 5.75 Å². The van der Waals surface area contributed by atoms with Crippen molar-refractivity contribution in [2.45, 2.75) is 13.3 Å². The van der Waals surface area contributed by atoms with Crippen LogP contribution in [0.15, 0.2) is 42.5 Å². The molecule has 0 radical (unpaired) electrons. The Morgan fingerprint density at radius 3 is 2.75 bits per heavy atom. The van der Waals surface area contributed by atoms with E-state index in [-0.39, 0.29) is 22.8 Å². The molecule has 126 valence electrons. The molecule has 0 atom stereocenters. The van der Waals surface area contributed by atoms with Crippen LogP contribution in [0.4, 0.5) is 10.1 Å². The zero-order valence-corrected chi connectivity index (χ0v) is 13.1. The van der Waals surface area contributed by atoms with Crippen molar-refractivity contribution >= 4 is 11.6 Å². The molecule has 0 aromatic heterocycles. The first-order chi connectivity index (χ1) is 11.5. The molecule has 0 bridgehead atoms. The van der Waals surface area contributed by atoms with Crippen molar-refractivity contribution in [2.75, 3.05) is 13.2 Å². The van der Waals surface area contributed by atoms with Crippen molar-refractivity contribution in [1.82, 2.24) is 5.32 Å². The third kappa shape index (κ3) is 4.52. The van der Waals surface area contributed by atoms with Gasteiger partial charge in [0.1, 0.15) is 5.82 Å². The first-order valence-corrected chi connectivity index (χ1v) is 7.45. The molecule has 2 rings (SSSR count). The molecule has 24 heavy (non-hydrogen) atoms. The Balaban J connectivity index is 2.01. The Morgan fingerprint density at radius 2 is 2.08 bits per heavy atom. The number of rotatable bonds is 7. The van der Waals surface area contributed by atoms with Crippen LogP contribution < -0.4 is 10.1 Å². The Kier molecular flexibility index (Phi) is 5.83. The zero-order chi connectivity index (χ0) is 17.5. The Hall–Kier alpha value is -2.96. The summed E-state index contributed by atoms with van der Waals surface area (Å²) in [5.74, 6) is -0.641. The van der Waals surface area contributed by atoms with Gasteiger partial charge in [-0.25, -0.2) is 4.39 Å². The molecule has 0 saturated carbocycles. The molecule has 6 nitrogen and oxygen atoms in total. The molecule has 0 heterocycles. The second-order valence-corrected chi connectivity index (χ2v) is 5.01. The van der Waals surface area contributed by atoms with Crippen molar-refractivity contribution < 1.29 is 18.8 Å². The quantitative estimate of drug-likeness (QED) is 0.624. The summed E-state index contributed by atoms with van der Waals surface area (Å²) >= 11 is 0. The third-order valence-corrected chi connectivity index (χ3v) is 3.31. The van der Waals surface area contributed by atoms with Crippen molar-refractivity contribution in [3.8, 4) is 5.75 Å². The fourth-order valence-corrected chi connectivity index (χ4v) is 2.19. The minimum Gasteiger partial charge on any atom is -0.487 e. The summed E-state index contributed by atoms with van der Waals surface area (Å²) in [5.41, 5.74) is 0.673. The highest BCUT2D eigenvalue weighted by atomic mass is 19.1. The van der Waals surface area contributed by atoms with Crippen LogP contribution >= 0.6 is 0 Å². The number of hydrogen-bond donors (Lipinski definition) is 1. The highest BCUT2D eigenvalue weighted by molar-refractivity contribution is 5.95. The van der Waals surface area contributed by atoms with E-state index in [2.05, 4.69) is 5.32 Å². The molecule has 0 unspecified atom stereocenters. The van der Waals surface area contributed by atoms with Gasteiger partial charge in [-0.1, -0.05) is 12.1 Å². The van der Waals surface area contributed by atoms with Gasteiger partial charge < -0.3 is 10.1 Å². The van der Waals surface area contributed by atoms with Crippen LogP contribution in [0.2, 0.25) is 0 Å². The molecule has 1 amide bonds. The van der Waals surface area contributed by atoms with Crippen LogP contribution in [0, 0.1) is 15.9 Å². The van der Waals surface area contributed by atoms with E-state index in [1.54, 1.807) is 19.1 Å².